The molecule has 0 aliphatic heterocycles. The summed E-state index contributed by atoms with van der Waals surface area (Å²) in [5.74, 6) is 0. The molecule has 0 radical (unpaired) electrons. The molecule has 0 aliphatic carbocycles. The van der Waals surface area contributed by atoms with Crippen LogP contribution in [0.3, 0.4) is 0 Å². The molecule has 0 unspecified atom stereocenters. The Morgan fingerprint density at radius 2 is 0.854 bits per heavy atom. The van der Waals surface area contributed by atoms with Gasteiger partial charge in [-0.25, -0.2) is 0 Å². The van der Waals surface area contributed by atoms with Crippen molar-refractivity contribution in [1.82, 2.24) is 0 Å². The first kappa shape index (κ1) is 40.4. The molecule has 0 saturated carbocycles. The second-order valence-electron chi connectivity index (χ2n) is 12.1. The van der Waals surface area contributed by atoms with Crippen molar-refractivity contribution in [3.8, 4) is 0 Å². The molecule has 0 saturated heterocycles. The third kappa shape index (κ3) is 35.5. The van der Waals surface area contributed by atoms with Crippen LogP contribution in [0.25, 0.3) is 0 Å². The molecule has 246 valence electrons. The first-order valence-electron chi connectivity index (χ1n) is 18.4. The van der Waals surface area contributed by atoms with Crippen molar-refractivity contribution in [2.24, 2.45) is 0 Å². The van der Waals surface area contributed by atoms with Crippen LogP contribution < -0.4 is 0 Å². The molecule has 0 bridgehead atoms. The fraction of sp³-hybridized carbons (Fsp3) is 0.946. The third-order valence-electron chi connectivity index (χ3n) is 7.90. The van der Waals surface area contributed by atoms with Crippen molar-refractivity contribution < 1.29 is 18.9 Å². The van der Waals surface area contributed by atoms with Crippen molar-refractivity contribution >= 4 is 0 Å². The molecule has 0 N–H and O–H groups in total. The minimum absolute atomic E-state index is 0.0174. The molecule has 0 aromatic rings. The van der Waals surface area contributed by atoms with Gasteiger partial charge in [-0.2, -0.15) is 0 Å². The fourth-order valence-corrected chi connectivity index (χ4v) is 5.13. The van der Waals surface area contributed by atoms with Crippen LogP contribution in [0.4, 0.5) is 0 Å². The molecule has 0 fully saturated rings. The Hall–Kier alpha value is -0.580. The summed E-state index contributed by atoms with van der Waals surface area (Å²) < 4.78 is 23.3. The topological polar surface area (TPSA) is 36.9 Å². The van der Waals surface area contributed by atoms with Crippen molar-refractivity contribution in [2.75, 3.05) is 26.6 Å². The van der Waals surface area contributed by atoms with Crippen molar-refractivity contribution in [1.29, 1.82) is 0 Å². The minimum Gasteiger partial charge on any atom is -0.475 e. The maximum absolute atomic E-state index is 6.19. The lowest BCUT2D eigenvalue weighted by Gasteiger charge is -2.19. The summed E-state index contributed by atoms with van der Waals surface area (Å²) in [6, 6.07) is 0. The first-order valence-corrected chi connectivity index (χ1v) is 18.4. The molecule has 0 aliphatic rings. The van der Waals surface area contributed by atoms with Crippen molar-refractivity contribution in [3.63, 3.8) is 0 Å². The minimum atomic E-state index is 0.0174. The summed E-state index contributed by atoms with van der Waals surface area (Å²) in [4.78, 5) is 0. The molecular formula is C37H74O4. The normalized spacial score (nSPS) is 11.8. The van der Waals surface area contributed by atoms with Gasteiger partial charge in [0, 0.05) is 13.2 Å². The Bertz CT molecular complexity index is 464. The van der Waals surface area contributed by atoms with Gasteiger partial charge >= 0.3 is 0 Å². The number of hydrogen-bond donors (Lipinski definition) is 0. The van der Waals surface area contributed by atoms with E-state index < -0.39 is 0 Å². The monoisotopic (exact) mass is 583 g/mol. The van der Waals surface area contributed by atoms with Gasteiger partial charge in [-0.05, 0) is 51.0 Å². The largest absolute Gasteiger partial charge is 0.475 e. The number of rotatable bonds is 36. The van der Waals surface area contributed by atoms with E-state index in [2.05, 4.69) is 26.8 Å². The summed E-state index contributed by atoms with van der Waals surface area (Å²) in [6.45, 7) is 9.72. The molecule has 0 heterocycles. The lowest BCUT2D eigenvalue weighted by atomic mass is 10.1. The highest BCUT2D eigenvalue weighted by Gasteiger charge is 2.09. The van der Waals surface area contributed by atoms with Crippen LogP contribution in [0.2, 0.25) is 0 Å². The highest BCUT2D eigenvalue weighted by Crippen LogP contribution is 2.15. The zero-order valence-electron chi connectivity index (χ0n) is 28.3. The van der Waals surface area contributed by atoms with Crippen LogP contribution in [0, 0.1) is 0 Å². The average molecular weight is 583 g/mol. The van der Waals surface area contributed by atoms with Crippen LogP contribution in [0.1, 0.15) is 194 Å². The second-order valence-corrected chi connectivity index (χ2v) is 12.1. The number of allylic oxidation sites excluding steroid dienone is 1. The molecule has 41 heavy (non-hydrogen) atoms. The molecule has 0 aromatic heterocycles. The maximum atomic E-state index is 6.19. The first-order chi connectivity index (χ1) is 20.3. The van der Waals surface area contributed by atoms with E-state index in [1.54, 1.807) is 0 Å². The van der Waals surface area contributed by atoms with Crippen LogP contribution >= 0.6 is 0 Å². The molecule has 0 atom stereocenters. The van der Waals surface area contributed by atoms with Gasteiger partial charge in [-0.3, -0.25) is 0 Å². The van der Waals surface area contributed by atoms with Crippen LogP contribution in [0.15, 0.2) is 12.3 Å². The van der Waals surface area contributed by atoms with Crippen molar-refractivity contribution in [3.05, 3.63) is 12.3 Å². The van der Waals surface area contributed by atoms with Gasteiger partial charge in [0.05, 0.1) is 12.9 Å². The SMILES string of the molecule is CCCCCCCCOC(CCCCCCCCCCCC=COCOCCCCCC)OCCCCCCCC. The Morgan fingerprint density at radius 1 is 0.439 bits per heavy atom. The highest BCUT2D eigenvalue weighted by molar-refractivity contribution is 4.72. The molecule has 0 amide bonds. The predicted molar refractivity (Wildman–Crippen MR) is 178 cm³/mol. The van der Waals surface area contributed by atoms with Crippen molar-refractivity contribution in [2.45, 2.75) is 200 Å². The van der Waals surface area contributed by atoms with E-state index in [4.69, 9.17) is 18.9 Å². The van der Waals surface area contributed by atoms with Gasteiger partial charge < -0.3 is 18.9 Å². The van der Waals surface area contributed by atoms with E-state index in [1.165, 1.54) is 154 Å². The summed E-state index contributed by atoms with van der Waals surface area (Å²) in [7, 11) is 0. The molecule has 0 rings (SSSR count). The van der Waals surface area contributed by atoms with E-state index >= 15 is 0 Å². The van der Waals surface area contributed by atoms with E-state index in [0.717, 1.165) is 39.1 Å². The Morgan fingerprint density at radius 3 is 1.39 bits per heavy atom. The van der Waals surface area contributed by atoms with E-state index in [0.29, 0.717) is 6.79 Å². The second kappa shape index (κ2) is 37.4. The average Bonchev–Trinajstić information content (AvgIpc) is 2.98. The molecule has 4 nitrogen and oxygen atoms in total. The van der Waals surface area contributed by atoms with Crippen LogP contribution in [-0.4, -0.2) is 32.9 Å². The zero-order chi connectivity index (χ0) is 29.7. The van der Waals surface area contributed by atoms with Gasteiger partial charge in [-0.1, -0.05) is 149 Å². The summed E-state index contributed by atoms with van der Waals surface area (Å²) >= 11 is 0. The van der Waals surface area contributed by atoms with Gasteiger partial charge in [0.1, 0.15) is 0 Å². The van der Waals surface area contributed by atoms with Gasteiger partial charge in [0.25, 0.3) is 0 Å². The summed E-state index contributed by atoms with van der Waals surface area (Å²) in [6.07, 6.45) is 38.8. The Kier molecular flexibility index (Phi) is 36.9. The van der Waals surface area contributed by atoms with Crippen LogP contribution in [-0.2, 0) is 18.9 Å². The Balaban J connectivity index is 3.67. The molecular weight excluding hydrogens is 508 g/mol. The lowest BCUT2D eigenvalue weighted by Crippen LogP contribution is -2.19. The summed E-state index contributed by atoms with van der Waals surface area (Å²) in [5.41, 5.74) is 0. The quantitative estimate of drug-likeness (QED) is 0.0418. The van der Waals surface area contributed by atoms with E-state index in [1.807, 2.05) is 6.26 Å². The Labute approximate surface area is 258 Å². The fourth-order valence-electron chi connectivity index (χ4n) is 5.13. The number of hydrogen-bond acceptors (Lipinski definition) is 4. The van der Waals surface area contributed by atoms with E-state index in [9.17, 15) is 0 Å². The maximum Gasteiger partial charge on any atom is 0.188 e. The predicted octanol–water partition coefficient (Wildman–Crippen LogP) is 12.4. The highest BCUT2D eigenvalue weighted by atomic mass is 16.7. The van der Waals surface area contributed by atoms with Gasteiger partial charge in [-0.15, -0.1) is 0 Å². The van der Waals surface area contributed by atoms with Gasteiger partial charge in [0.2, 0.25) is 0 Å². The standard InChI is InChI=1S/C37H74O4/c1-4-7-10-13-24-29-34-40-37(41-35-30-25-14-11-8-5-2)31-26-22-20-18-16-15-17-19-21-23-28-33-39-36-38-32-27-12-9-6-3/h28,33,37H,4-27,29-32,34-36H2,1-3H3. The molecule has 0 aromatic carbocycles. The zero-order valence-corrected chi connectivity index (χ0v) is 28.3. The van der Waals surface area contributed by atoms with E-state index in [-0.39, 0.29) is 6.29 Å². The third-order valence-corrected chi connectivity index (χ3v) is 7.90. The molecule has 0 spiro atoms. The smallest absolute Gasteiger partial charge is 0.188 e. The number of ether oxygens (including phenoxy) is 4. The number of unbranched alkanes of at least 4 members (excludes halogenated alkanes) is 22. The van der Waals surface area contributed by atoms with Crippen LogP contribution in [0.5, 0.6) is 0 Å². The molecule has 4 heteroatoms. The van der Waals surface area contributed by atoms with Gasteiger partial charge in [0.15, 0.2) is 13.1 Å². The summed E-state index contributed by atoms with van der Waals surface area (Å²) in [5, 5.41) is 0. The lowest BCUT2D eigenvalue weighted by molar-refractivity contribution is -0.148.